The molecule has 150 valence electrons. The van der Waals surface area contributed by atoms with E-state index in [0.717, 1.165) is 0 Å². The van der Waals surface area contributed by atoms with Crippen LogP contribution in [0.15, 0.2) is 0 Å². The maximum Gasteiger partial charge on any atom is 0.0670 e. The summed E-state index contributed by atoms with van der Waals surface area (Å²) in [5, 5.41) is 0. The molecule has 0 unspecified atom stereocenters. The zero-order valence-electron chi connectivity index (χ0n) is 17.4. The van der Waals surface area contributed by atoms with Gasteiger partial charge in [0.05, 0.1) is 8.64 Å². The molecule has 0 aliphatic rings. The van der Waals surface area contributed by atoms with Crippen LogP contribution in [-0.2, 0) is 0 Å². The maximum atomic E-state index is 6.78. The summed E-state index contributed by atoms with van der Waals surface area (Å²) in [5.41, 5.74) is 13.6. The van der Waals surface area contributed by atoms with E-state index in [0.29, 0.717) is 0 Å². The highest BCUT2D eigenvalue weighted by molar-refractivity contribution is 8.93. The van der Waals surface area contributed by atoms with Crippen molar-refractivity contribution < 1.29 is 0 Å². The Labute approximate surface area is 160 Å². The number of nitrogens with two attached hydrogens (primary N) is 2. The second kappa shape index (κ2) is 9.32. The summed E-state index contributed by atoms with van der Waals surface area (Å²) in [5.74, 6) is 9.59. The van der Waals surface area contributed by atoms with Crippen molar-refractivity contribution >= 4 is 47.7 Å². The smallest absolute Gasteiger partial charge is 0.0670 e. The Morgan fingerprint density at radius 1 is 0.500 bits per heavy atom. The van der Waals surface area contributed by atoms with E-state index in [9.17, 15) is 0 Å². The Morgan fingerprint density at radius 3 is 0.792 bits per heavy atom. The summed E-state index contributed by atoms with van der Waals surface area (Å²) in [6.07, 6.45) is 0. The van der Waals surface area contributed by atoms with Crippen LogP contribution >= 0.6 is 39.1 Å². The largest absolute Gasteiger partial charge is 0.293 e. The topological polar surface area (TPSA) is 52.0 Å². The second-order valence-electron chi connectivity index (χ2n) is 6.72. The molecule has 0 bridgehead atoms. The van der Waals surface area contributed by atoms with Crippen LogP contribution in [-0.4, -0.2) is 54.7 Å². The summed E-state index contributed by atoms with van der Waals surface area (Å²) in [7, 11) is 0.293. The third-order valence-electron chi connectivity index (χ3n) is 7.40. The molecule has 24 heavy (non-hydrogen) atoms. The molecule has 0 atom stereocenters. The van der Waals surface area contributed by atoms with Gasteiger partial charge >= 0.3 is 0 Å². The van der Waals surface area contributed by atoms with Crippen molar-refractivity contribution in [2.24, 2.45) is 11.5 Å². The molecule has 0 fully saturated rings. The molecule has 0 saturated carbocycles. The van der Waals surface area contributed by atoms with Gasteiger partial charge in [-0.15, -0.1) is 0 Å². The zero-order valence-corrected chi connectivity index (χ0v) is 20.7. The lowest BCUT2D eigenvalue weighted by Gasteiger charge is -2.50. The van der Waals surface area contributed by atoms with Gasteiger partial charge in [0.2, 0.25) is 0 Å². The quantitative estimate of drug-likeness (QED) is 0.416. The molecule has 0 aromatic rings. The van der Waals surface area contributed by atoms with Crippen LogP contribution in [0.2, 0.25) is 0 Å². The molecule has 0 heterocycles. The van der Waals surface area contributed by atoms with Gasteiger partial charge in [0.25, 0.3) is 0 Å². The third kappa shape index (κ3) is 3.84. The summed E-state index contributed by atoms with van der Waals surface area (Å²) >= 11 is 0. The fourth-order valence-corrected chi connectivity index (χ4v) is 20.1. The molecule has 0 rings (SSSR count). The minimum absolute atomic E-state index is 1.18. The van der Waals surface area contributed by atoms with Crippen molar-refractivity contribution in [3.8, 4) is 0 Å². The van der Waals surface area contributed by atoms with E-state index in [4.69, 9.17) is 11.5 Å². The minimum atomic E-state index is -1.65. The molecule has 0 saturated heterocycles. The van der Waals surface area contributed by atoms with E-state index >= 15 is 0 Å². The van der Waals surface area contributed by atoms with Gasteiger partial charge in [-0.25, -0.2) is 17.5 Å². The van der Waals surface area contributed by atoms with Gasteiger partial charge < -0.3 is 0 Å². The summed E-state index contributed by atoms with van der Waals surface area (Å²) in [4.78, 5) is 0. The van der Waals surface area contributed by atoms with Gasteiger partial charge in [0.15, 0.2) is 0 Å². The van der Waals surface area contributed by atoms with Gasteiger partial charge in [-0.1, -0.05) is 55.4 Å². The predicted molar refractivity (Wildman–Crippen MR) is 133 cm³/mol. The molecule has 0 aromatic carbocycles. The third-order valence-corrected chi connectivity index (χ3v) is 27.5. The Bertz CT molecular complexity index is 436. The van der Waals surface area contributed by atoms with Crippen LogP contribution in [0.5, 0.6) is 0 Å². The number of hydrogen-bond acceptors (Lipinski definition) is 2. The van der Waals surface area contributed by atoms with Crippen LogP contribution in [0.1, 0.15) is 55.4 Å². The van der Waals surface area contributed by atoms with Crippen molar-refractivity contribution in [1.29, 1.82) is 0 Å². The van der Waals surface area contributed by atoms with Gasteiger partial charge in [0.1, 0.15) is 0 Å². The van der Waals surface area contributed by atoms with E-state index in [1.165, 1.54) is 54.7 Å². The zero-order chi connectivity index (χ0) is 19.1. The molecule has 6 heteroatoms. The maximum absolute atomic E-state index is 6.78. The molecular weight excluding hydrogens is 372 g/mol. The van der Waals surface area contributed by atoms with Gasteiger partial charge in [0, 0.05) is 0 Å². The van der Waals surface area contributed by atoms with Crippen molar-refractivity contribution in [3.05, 3.63) is 0 Å². The van der Waals surface area contributed by atoms with E-state index < -0.39 is 17.5 Å². The van der Waals surface area contributed by atoms with Crippen LogP contribution < -0.4 is 11.5 Å². The second-order valence-corrected chi connectivity index (χ2v) is 22.2. The first-order chi connectivity index (χ1) is 11.2. The molecule has 0 spiro atoms. The van der Waals surface area contributed by atoms with Crippen LogP contribution in [0.25, 0.3) is 0 Å². The summed E-state index contributed by atoms with van der Waals surface area (Å²) in [6.45, 7) is 18.7. The first kappa shape index (κ1) is 25.1. The van der Waals surface area contributed by atoms with E-state index in [1.807, 2.05) is 0 Å². The molecule has 0 radical (unpaired) electrons. The van der Waals surface area contributed by atoms with Gasteiger partial charge in [-0.05, 0) is 67.6 Å². The molecule has 0 aliphatic heterocycles. The first-order valence-electron chi connectivity index (χ1n) is 9.53. The predicted octanol–water partition coefficient (Wildman–Crippen LogP) is 5.30. The Hall–Kier alpha value is 1.06. The molecule has 0 aromatic heterocycles. The van der Waals surface area contributed by atoms with E-state index in [1.54, 1.807) is 21.6 Å². The number of hydrogen-bond donors (Lipinski definition) is 2. The van der Waals surface area contributed by atoms with Gasteiger partial charge in [-0.2, -0.15) is 0 Å². The Kier molecular flexibility index (Phi) is 9.73. The highest BCUT2D eigenvalue weighted by atomic mass is 33.1. The molecule has 0 amide bonds. The normalized spacial score (nSPS) is 16.1. The lowest BCUT2D eigenvalue weighted by Crippen LogP contribution is -2.32. The fraction of sp³-hybridized carbons (Fsp3) is 0.889. The van der Waals surface area contributed by atoms with Gasteiger partial charge in [-0.3, -0.25) is 11.5 Å². The molecule has 4 N–H and O–H groups in total. The van der Waals surface area contributed by atoms with Crippen LogP contribution in [0, 0.1) is 0 Å². The average Bonchev–Trinajstić information content (AvgIpc) is 2.66. The standard InChI is InChI=1S/C18H44N2S4/c1-9-23(10-2,11-3,12-4)17(19)21-22-18(20)24(13-5,14-6,15-7)16-8/h9-16,19-20H2,1-8H3. The summed E-state index contributed by atoms with van der Waals surface area (Å²) in [6, 6.07) is 0. The molecule has 0 aliphatic carbocycles. The monoisotopic (exact) mass is 416 g/mol. The average molecular weight is 417 g/mol. The minimum Gasteiger partial charge on any atom is -0.293 e. The van der Waals surface area contributed by atoms with E-state index in [-0.39, 0.29) is 0 Å². The number of rotatable bonds is 8. The Morgan fingerprint density at radius 2 is 0.667 bits per heavy atom. The fourth-order valence-electron chi connectivity index (χ4n) is 3.86. The Balaban J connectivity index is 6.16. The highest BCUT2D eigenvalue weighted by Gasteiger charge is 2.33. The van der Waals surface area contributed by atoms with Crippen LogP contribution in [0.4, 0.5) is 0 Å². The molecular formula is C18H44N2S4. The molecule has 2 nitrogen and oxygen atoms in total. The first-order valence-corrected chi connectivity index (χ1v) is 17.1. The van der Waals surface area contributed by atoms with Crippen molar-refractivity contribution in [2.45, 2.75) is 55.4 Å². The lowest BCUT2D eigenvalue weighted by atomic mass is 10.9. The van der Waals surface area contributed by atoms with Crippen molar-refractivity contribution in [1.82, 2.24) is 0 Å². The summed E-state index contributed by atoms with van der Waals surface area (Å²) < 4.78 is 2.37. The van der Waals surface area contributed by atoms with E-state index in [2.05, 4.69) is 55.4 Å². The SMILES string of the molecule is CCS(CC)(CC)(CC)=C(N)SSC(N)=S(CC)(CC)(CC)CC. The van der Waals surface area contributed by atoms with Crippen molar-refractivity contribution in [2.75, 3.05) is 46.0 Å². The van der Waals surface area contributed by atoms with Crippen LogP contribution in [0.3, 0.4) is 0 Å². The highest BCUT2D eigenvalue weighted by Crippen LogP contribution is 2.63. The lowest BCUT2D eigenvalue weighted by molar-refractivity contribution is 1.28. The van der Waals surface area contributed by atoms with Crippen molar-refractivity contribution in [3.63, 3.8) is 0 Å².